The van der Waals surface area contributed by atoms with Crippen LogP contribution in [0.15, 0.2) is 77.3 Å². The van der Waals surface area contributed by atoms with E-state index >= 15 is 0 Å². The molecule has 176 valence electrons. The van der Waals surface area contributed by atoms with Crippen molar-refractivity contribution in [3.63, 3.8) is 0 Å². The fourth-order valence-electron chi connectivity index (χ4n) is 4.92. The summed E-state index contributed by atoms with van der Waals surface area (Å²) in [6.07, 6.45) is 6.49. The monoisotopic (exact) mass is 473 g/mol. The van der Waals surface area contributed by atoms with Gasteiger partial charge in [0.05, 0.1) is 0 Å². The van der Waals surface area contributed by atoms with Crippen molar-refractivity contribution < 1.29 is 4.52 Å². The van der Waals surface area contributed by atoms with E-state index in [0.717, 1.165) is 48.2 Å². The third-order valence-corrected chi connectivity index (χ3v) is 7.04. The van der Waals surface area contributed by atoms with E-state index < -0.39 is 0 Å². The number of hydrogen-bond donors (Lipinski definition) is 0. The van der Waals surface area contributed by atoms with Crippen molar-refractivity contribution in [3.05, 3.63) is 83.4 Å². The van der Waals surface area contributed by atoms with E-state index in [9.17, 15) is 0 Å². The first-order valence-electron chi connectivity index (χ1n) is 12.4. The molecule has 5 heteroatoms. The lowest BCUT2D eigenvalue weighted by molar-refractivity contribution is 0.281. The first kappa shape index (κ1) is 22.9. The molecule has 0 aliphatic carbocycles. The lowest BCUT2D eigenvalue weighted by Crippen LogP contribution is -2.30. The molecular weight excluding hydrogens is 442 g/mol. The summed E-state index contributed by atoms with van der Waals surface area (Å²) in [4.78, 5) is 4.97. The quantitative estimate of drug-likeness (QED) is 0.266. The van der Waals surface area contributed by atoms with Crippen molar-refractivity contribution in [1.82, 2.24) is 10.1 Å². The number of halogens is 1. The van der Waals surface area contributed by atoms with Crippen LogP contribution < -0.4 is 4.90 Å². The van der Waals surface area contributed by atoms with Crippen molar-refractivity contribution in [2.24, 2.45) is 0 Å². The zero-order valence-corrected chi connectivity index (χ0v) is 20.4. The summed E-state index contributed by atoms with van der Waals surface area (Å²) >= 11 is 6.07. The normalized spacial score (nSPS) is 14.9. The number of benzene rings is 3. The molecule has 1 aromatic heterocycles. The predicted molar refractivity (Wildman–Crippen MR) is 141 cm³/mol. The molecule has 0 radical (unpaired) electrons. The minimum atomic E-state index is 0.721. The van der Waals surface area contributed by atoms with Crippen molar-refractivity contribution in [1.29, 1.82) is 0 Å². The van der Waals surface area contributed by atoms with Gasteiger partial charge in [-0.15, -0.1) is 0 Å². The molecule has 0 saturated carbocycles. The maximum atomic E-state index is 6.07. The lowest BCUT2D eigenvalue weighted by Gasteiger charge is -2.25. The second-order valence-corrected chi connectivity index (χ2v) is 9.66. The minimum absolute atomic E-state index is 0.721. The van der Waals surface area contributed by atoms with Gasteiger partial charge in [0.1, 0.15) is 5.69 Å². The van der Waals surface area contributed by atoms with Crippen molar-refractivity contribution in [2.75, 3.05) is 31.1 Å². The Morgan fingerprint density at radius 3 is 2.47 bits per heavy atom. The van der Waals surface area contributed by atoms with E-state index in [1.165, 1.54) is 55.1 Å². The molecule has 34 heavy (non-hydrogen) atoms. The minimum Gasteiger partial charge on any atom is -0.338 e. The SMILES string of the molecule is Clc1ccc(-c2cc(N(CCCN3CCCCCC3)Cc3cccc4ccccc34)on2)cc1. The number of fused-ring (bicyclic) bond motifs is 1. The van der Waals surface area contributed by atoms with Crippen LogP contribution in [0.4, 0.5) is 5.88 Å². The Hall–Kier alpha value is -2.82. The molecule has 2 heterocycles. The van der Waals surface area contributed by atoms with Gasteiger partial charge >= 0.3 is 0 Å². The number of nitrogens with zero attached hydrogens (tertiary/aromatic N) is 3. The molecule has 0 bridgehead atoms. The maximum Gasteiger partial charge on any atom is 0.228 e. The van der Waals surface area contributed by atoms with Crippen LogP contribution in [-0.4, -0.2) is 36.2 Å². The van der Waals surface area contributed by atoms with E-state index in [2.05, 4.69) is 63.5 Å². The van der Waals surface area contributed by atoms with Crippen LogP contribution in [-0.2, 0) is 6.54 Å². The molecular formula is C29H32ClN3O. The molecule has 1 fully saturated rings. The van der Waals surface area contributed by atoms with E-state index in [-0.39, 0.29) is 0 Å². The highest BCUT2D eigenvalue weighted by atomic mass is 35.5. The average molecular weight is 474 g/mol. The van der Waals surface area contributed by atoms with E-state index in [4.69, 9.17) is 16.1 Å². The van der Waals surface area contributed by atoms with Crippen LogP contribution in [0.1, 0.15) is 37.7 Å². The first-order valence-corrected chi connectivity index (χ1v) is 12.8. The Morgan fingerprint density at radius 2 is 1.65 bits per heavy atom. The van der Waals surface area contributed by atoms with Crippen LogP contribution in [0.2, 0.25) is 5.02 Å². The Morgan fingerprint density at radius 1 is 0.882 bits per heavy atom. The zero-order chi connectivity index (χ0) is 23.2. The third-order valence-electron chi connectivity index (χ3n) is 6.79. The highest BCUT2D eigenvalue weighted by Crippen LogP contribution is 2.28. The van der Waals surface area contributed by atoms with Crippen molar-refractivity contribution in [3.8, 4) is 11.3 Å². The smallest absolute Gasteiger partial charge is 0.228 e. The molecule has 1 aliphatic rings. The summed E-state index contributed by atoms with van der Waals surface area (Å²) in [6, 6.07) is 24.9. The van der Waals surface area contributed by atoms with Gasteiger partial charge in [0.2, 0.25) is 5.88 Å². The molecule has 0 atom stereocenters. The molecule has 4 nitrogen and oxygen atoms in total. The molecule has 0 spiro atoms. The maximum absolute atomic E-state index is 6.07. The van der Waals surface area contributed by atoms with E-state index in [1.807, 2.05) is 24.3 Å². The number of likely N-dealkylation sites (tertiary alicyclic amines) is 1. The Balaban J connectivity index is 1.36. The summed E-state index contributed by atoms with van der Waals surface area (Å²) in [5, 5.41) is 7.66. The third kappa shape index (κ3) is 5.63. The summed E-state index contributed by atoms with van der Waals surface area (Å²) in [6.45, 7) is 5.30. The van der Waals surface area contributed by atoms with Gasteiger partial charge in [-0.25, -0.2) is 0 Å². The standard InChI is InChI=1S/C29H32ClN3O/c30-26-15-13-24(14-16-26)28-21-29(34-31-28)33(20-8-19-32-17-5-1-2-6-18-32)22-25-11-7-10-23-9-3-4-12-27(23)25/h3-4,7,9-16,21H,1-2,5-6,8,17-20,22H2. The molecule has 1 saturated heterocycles. The molecule has 3 aromatic carbocycles. The van der Waals surface area contributed by atoms with Crippen LogP contribution in [0.25, 0.3) is 22.0 Å². The van der Waals surface area contributed by atoms with Gasteiger partial charge in [0.15, 0.2) is 0 Å². The molecule has 0 N–H and O–H groups in total. The van der Waals surface area contributed by atoms with Crippen LogP contribution in [0.3, 0.4) is 0 Å². The van der Waals surface area contributed by atoms with Gasteiger partial charge in [0, 0.05) is 29.7 Å². The van der Waals surface area contributed by atoms with Gasteiger partial charge in [-0.1, -0.05) is 84.2 Å². The molecule has 1 aliphatic heterocycles. The largest absolute Gasteiger partial charge is 0.338 e. The zero-order valence-electron chi connectivity index (χ0n) is 19.6. The van der Waals surface area contributed by atoms with Crippen LogP contribution in [0, 0.1) is 0 Å². The average Bonchev–Trinajstić information content (AvgIpc) is 3.21. The highest BCUT2D eigenvalue weighted by molar-refractivity contribution is 6.30. The van der Waals surface area contributed by atoms with Crippen molar-refractivity contribution >= 4 is 28.3 Å². The van der Waals surface area contributed by atoms with E-state index in [1.54, 1.807) is 0 Å². The van der Waals surface area contributed by atoms with Gasteiger partial charge in [-0.2, -0.15) is 0 Å². The van der Waals surface area contributed by atoms with Gasteiger partial charge in [-0.05, 0) is 67.4 Å². The van der Waals surface area contributed by atoms with Gasteiger partial charge < -0.3 is 14.3 Å². The van der Waals surface area contributed by atoms with Crippen LogP contribution >= 0.6 is 11.6 Å². The van der Waals surface area contributed by atoms with Crippen LogP contribution in [0.5, 0.6) is 0 Å². The summed E-state index contributed by atoms with van der Waals surface area (Å²) in [7, 11) is 0. The summed E-state index contributed by atoms with van der Waals surface area (Å²) < 4.78 is 5.89. The summed E-state index contributed by atoms with van der Waals surface area (Å²) in [5.74, 6) is 0.814. The van der Waals surface area contributed by atoms with E-state index in [0.29, 0.717) is 0 Å². The van der Waals surface area contributed by atoms with Gasteiger partial charge in [0.25, 0.3) is 0 Å². The lowest BCUT2D eigenvalue weighted by atomic mass is 10.0. The Bertz CT molecular complexity index is 1190. The summed E-state index contributed by atoms with van der Waals surface area (Å²) in [5.41, 5.74) is 3.15. The Kier molecular flexibility index (Phi) is 7.47. The fourth-order valence-corrected chi connectivity index (χ4v) is 5.05. The highest BCUT2D eigenvalue weighted by Gasteiger charge is 2.17. The molecule has 4 aromatic rings. The second-order valence-electron chi connectivity index (χ2n) is 9.23. The Labute approximate surface area is 207 Å². The topological polar surface area (TPSA) is 32.5 Å². The molecule has 0 amide bonds. The number of hydrogen-bond acceptors (Lipinski definition) is 4. The second kappa shape index (κ2) is 11.1. The number of anilines is 1. The number of rotatable bonds is 8. The van der Waals surface area contributed by atoms with Gasteiger partial charge in [-0.3, -0.25) is 0 Å². The number of aromatic nitrogens is 1. The van der Waals surface area contributed by atoms with Crippen molar-refractivity contribution in [2.45, 2.75) is 38.6 Å². The molecule has 0 unspecified atom stereocenters. The fraction of sp³-hybridized carbons (Fsp3) is 0.345. The first-order chi connectivity index (χ1) is 16.8. The predicted octanol–water partition coefficient (Wildman–Crippen LogP) is 7.42. The molecule has 5 rings (SSSR count).